The fraction of sp³-hybridized carbons (Fsp3) is 0.818. The minimum Gasteiger partial charge on any atom is -0.354 e. The molecule has 0 aliphatic heterocycles. The average Bonchev–Trinajstić information content (AvgIpc) is 2.08. The van der Waals surface area contributed by atoms with E-state index in [1.54, 1.807) is 0 Å². The van der Waals surface area contributed by atoms with E-state index in [0.717, 1.165) is 12.8 Å². The minimum absolute atomic E-state index is 0.0464. The standard InChI is InChI=1S/C11H19NO2/c1-7(2)12-11(14)9-4-5-10(13)8(3)6-9/h7-9H,4-6H2,1-3H3,(H,12,14). The van der Waals surface area contributed by atoms with Crippen molar-refractivity contribution in [1.82, 2.24) is 5.32 Å². The Kier molecular flexibility index (Phi) is 3.67. The maximum Gasteiger partial charge on any atom is 0.223 e. The Labute approximate surface area is 85.3 Å². The molecule has 0 aromatic heterocycles. The fourth-order valence-corrected chi connectivity index (χ4v) is 1.88. The summed E-state index contributed by atoms with van der Waals surface area (Å²) in [5, 5.41) is 2.90. The molecular weight excluding hydrogens is 178 g/mol. The Bertz CT molecular complexity index is 235. The summed E-state index contributed by atoms with van der Waals surface area (Å²) in [4.78, 5) is 22.9. The first-order valence-electron chi connectivity index (χ1n) is 5.33. The van der Waals surface area contributed by atoms with Crippen LogP contribution in [0.5, 0.6) is 0 Å². The van der Waals surface area contributed by atoms with Crippen LogP contribution in [0, 0.1) is 11.8 Å². The van der Waals surface area contributed by atoms with Gasteiger partial charge in [-0.1, -0.05) is 6.92 Å². The summed E-state index contributed by atoms with van der Waals surface area (Å²) in [6.07, 6.45) is 2.01. The van der Waals surface area contributed by atoms with Gasteiger partial charge in [0.05, 0.1) is 0 Å². The summed E-state index contributed by atoms with van der Waals surface area (Å²) in [7, 11) is 0. The highest BCUT2D eigenvalue weighted by atomic mass is 16.2. The lowest BCUT2D eigenvalue weighted by atomic mass is 9.81. The number of hydrogen-bond donors (Lipinski definition) is 1. The van der Waals surface area contributed by atoms with Gasteiger partial charge < -0.3 is 5.32 Å². The quantitative estimate of drug-likeness (QED) is 0.729. The van der Waals surface area contributed by atoms with Crippen LogP contribution in [0.3, 0.4) is 0 Å². The Morgan fingerprint density at radius 1 is 1.50 bits per heavy atom. The predicted molar refractivity (Wildman–Crippen MR) is 54.8 cm³/mol. The van der Waals surface area contributed by atoms with Gasteiger partial charge in [-0.05, 0) is 26.7 Å². The van der Waals surface area contributed by atoms with E-state index in [1.165, 1.54) is 0 Å². The molecule has 0 bridgehead atoms. The smallest absolute Gasteiger partial charge is 0.223 e. The Morgan fingerprint density at radius 3 is 2.64 bits per heavy atom. The van der Waals surface area contributed by atoms with Crippen LogP contribution < -0.4 is 5.32 Å². The second-order valence-corrected chi connectivity index (χ2v) is 4.50. The number of nitrogens with one attached hydrogen (secondary N) is 1. The molecule has 0 saturated heterocycles. The molecular formula is C11H19NO2. The number of ketones is 1. The molecule has 1 amide bonds. The molecule has 80 valence electrons. The lowest BCUT2D eigenvalue weighted by Gasteiger charge is -2.25. The average molecular weight is 197 g/mol. The van der Waals surface area contributed by atoms with Gasteiger partial charge >= 0.3 is 0 Å². The first-order valence-corrected chi connectivity index (χ1v) is 5.33. The van der Waals surface area contributed by atoms with Crippen molar-refractivity contribution < 1.29 is 9.59 Å². The van der Waals surface area contributed by atoms with Gasteiger partial charge in [0.25, 0.3) is 0 Å². The third-order valence-corrected chi connectivity index (χ3v) is 2.73. The molecule has 1 aliphatic carbocycles. The molecule has 0 aromatic rings. The first-order chi connectivity index (χ1) is 6.50. The molecule has 2 unspecified atom stereocenters. The number of hydrogen-bond acceptors (Lipinski definition) is 2. The number of carbonyl (C=O) groups is 2. The molecule has 1 rings (SSSR count). The van der Waals surface area contributed by atoms with E-state index in [0.29, 0.717) is 12.2 Å². The summed E-state index contributed by atoms with van der Waals surface area (Å²) in [5.41, 5.74) is 0. The van der Waals surface area contributed by atoms with E-state index in [2.05, 4.69) is 5.32 Å². The second kappa shape index (κ2) is 4.58. The molecule has 1 N–H and O–H groups in total. The molecule has 1 saturated carbocycles. The van der Waals surface area contributed by atoms with Crippen molar-refractivity contribution in [3.63, 3.8) is 0 Å². The highest BCUT2D eigenvalue weighted by Gasteiger charge is 2.29. The van der Waals surface area contributed by atoms with Gasteiger partial charge in [0.2, 0.25) is 5.91 Å². The SMILES string of the molecule is CC(C)NC(=O)C1CCC(=O)C(C)C1. The molecule has 0 spiro atoms. The molecule has 0 radical (unpaired) electrons. The highest BCUT2D eigenvalue weighted by molar-refractivity contribution is 5.86. The highest BCUT2D eigenvalue weighted by Crippen LogP contribution is 2.26. The van der Waals surface area contributed by atoms with E-state index in [9.17, 15) is 9.59 Å². The van der Waals surface area contributed by atoms with Crippen molar-refractivity contribution in [3.05, 3.63) is 0 Å². The molecule has 0 heterocycles. The first kappa shape index (κ1) is 11.2. The predicted octanol–water partition coefficient (Wildman–Crippen LogP) is 1.52. The van der Waals surface area contributed by atoms with Crippen molar-refractivity contribution in [1.29, 1.82) is 0 Å². The Balaban J connectivity index is 2.46. The lowest BCUT2D eigenvalue weighted by molar-refractivity contribution is -0.131. The summed E-state index contributed by atoms with van der Waals surface area (Å²) < 4.78 is 0. The van der Waals surface area contributed by atoms with Crippen LogP contribution in [0.25, 0.3) is 0 Å². The number of rotatable bonds is 2. The number of Topliss-reactive ketones (excluding diaryl/α,β-unsaturated/α-hetero) is 1. The van der Waals surface area contributed by atoms with E-state index >= 15 is 0 Å². The maximum absolute atomic E-state index is 11.6. The zero-order valence-electron chi connectivity index (χ0n) is 9.17. The molecule has 2 atom stereocenters. The molecule has 0 aromatic carbocycles. The van der Waals surface area contributed by atoms with Crippen molar-refractivity contribution in [2.24, 2.45) is 11.8 Å². The van der Waals surface area contributed by atoms with Crippen LogP contribution in [0.2, 0.25) is 0 Å². The largest absolute Gasteiger partial charge is 0.354 e. The van der Waals surface area contributed by atoms with Crippen molar-refractivity contribution in [2.75, 3.05) is 0 Å². The lowest BCUT2D eigenvalue weighted by Crippen LogP contribution is -2.39. The summed E-state index contributed by atoms with van der Waals surface area (Å²) in [6.45, 7) is 5.82. The topological polar surface area (TPSA) is 46.2 Å². The van der Waals surface area contributed by atoms with Gasteiger partial charge in [-0.2, -0.15) is 0 Å². The Hall–Kier alpha value is -0.860. The van der Waals surface area contributed by atoms with Gasteiger partial charge in [0.15, 0.2) is 0 Å². The zero-order valence-corrected chi connectivity index (χ0v) is 9.17. The molecule has 3 nitrogen and oxygen atoms in total. The van der Waals surface area contributed by atoms with E-state index < -0.39 is 0 Å². The van der Waals surface area contributed by atoms with Crippen LogP contribution in [-0.4, -0.2) is 17.7 Å². The second-order valence-electron chi connectivity index (χ2n) is 4.50. The van der Waals surface area contributed by atoms with Gasteiger partial charge in [-0.15, -0.1) is 0 Å². The Morgan fingerprint density at radius 2 is 2.14 bits per heavy atom. The molecule has 3 heteroatoms. The van der Waals surface area contributed by atoms with Crippen molar-refractivity contribution in [2.45, 2.75) is 46.1 Å². The molecule has 1 aliphatic rings. The maximum atomic E-state index is 11.6. The molecule has 14 heavy (non-hydrogen) atoms. The third kappa shape index (κ3) is 2.82. The van der Waals surface area contributed by atoms with Crippen molar-refractivity contribution >= 4 is 11.7 Å². The van der Waals surface area contributed by atoms with E-state index in [1.807, 2.05) is 20.8 Å². The summed E-state index contributed by atoms with van der Waals surface area (Å²) >= 11 is 0. The number of amides is 1. The van der Waals surface area contributed by atoms with E-state index in [-0.39, 0.29) is 23.8 Å². The van der Waals surface area contributed by atoms with Crippen LogP contribution in [0.4, 0.5) is 0 Å². The van der Waals surface area contributed by atoms with Gasteiger partial charge in [-0.25, -0.2) is 0 Å². The van der Waals surface area contributed by atoms with Gasteiger partial charge in [0, 0.05) is 24.3 Å². The third-order valence-electron chi connectivity index (χ3n) is 2.73. The van der Waals surface area contributed by atoms with Crippen LogP contribution in [-0.2, 0) is 9.59 Å². The van der Waals surface area contributed by atoms with Gasteiger partial charge in [0.1, 0.15) is 5.78 Å². The summed E-state index contributed by atoms with van der Waals surface area (Å²) in [6, 6.07) is 0.190. The van der Waals surface area contributed by atoms with E-state index in [4.69, 9.17) is 0 Å². The monoisotopic (exact) mass is 197 g/mol. The zero-order chi connectivity index (χ0) is 10.7. The normalized spacial score (nSPS) is 27.9. The van der Waals surface area contributed by atoms with Gasteiger partial charge in [-0.3, -0.25) is 9.59 Å². The summed E-state index contributed by atoms with van der Waals surface area (Å²) in [5.74, 6) is 0.523. The fourth-order valence-electron chi connectivity index (χ4n) is 1.88. The van der Waals surface area contributed by atoms with Crippen molar-refractivity contribution in [3.8, 4) is 0 Å². The van der Waals surface area contributed by atoms with Crippen LogP contribution in [0.15, 0.2) is 0 Å². The van der Waals surface area contributed by atoms with Crippen LogP contribution in [0.1, 0.15) is 40.0 Å². The minimum atomic E-state index is 0.0464. The molecule has 1 fully saturated rings. The van der Waals surface area contributed by atoms with Crippen LogP contribution >= 0.6 is 0 Å². The number of carbonyl (C=O) groups excluding carboxylic acids is 2.